The maximum atomic E-state index is 14.2. The zero-order chi connectivity index (χ0) is 18.2. The normalized spacial score (nSPS) is 22.4. The van der Waals surface area contributed by atoms with E-state index in [1.54, 1.807) is 4.90 Å². The van der Waals surface area contributed by atoms with E-state index in [2.05, 4.69) is 10.6 Å². The first-order valence-corrected chi connectivity index (χ1v) is 10.1. The lowest BCUT2D eigenvalue weighted by Gasteiger charge is -2.31. The molecule has 0 bridgehead atoms. The van der Waals surface area contributed by atoms with Gasteiger partial charge in [0.25, 0.3) is 0 Å². The van der Waals surface area contributed by atoms with Gasteiger partial charge < -0.3 is 15.5 Å². The number of halogens is 2. The van der Waals surface area contributed by atoms with Crippen molar-refractivity contribution in [3.8, 4) is 0 Å². The molecule has 0 aromatic heterocycles. The molecule has 2 aliphatic rings. The zero-order valence-corrected chi connectivity index (χ0v) is 14.7. The number of nitrogens with zero attached hydrogens (tertiary/aromatic N) is 1. The van der Waals surface area contributed by atoms with Crippen LogP contribution in [-0.2, 0) is 14.6 Å². The Bertz CT molecular complexity index is 756. The van der Waals surface area contributed by atoms with Crippen LogP contribution in [0.2, 0.25) is 0 Å². The van der Waals surface area contributed by atoms with Crippen LogP contribution in [0.4, 0.5) is 14.5 Å². The van der Waals surface area contributed by atoms with Crippen molar-refractivity contribution in [2.24, 2.45) is 0 Å². The standard InChI is InChI=1S/C16H21F2N3O3S/c1-25(23,24)11-8-12(17)15(13(18)9-11)20-14-4-7-21(16(14)22)10-2-5-19-6-3-10/h8-10,14,19-20H,2-7H2,1H3. The van der Waals surface area contributed by atoms with E-state index >= 15 is 0 Å². The van der Waals surface area contributed by atoms with Crippen molar-refractivity contribution in [3.05, 3.63) is 23.8 Å². The van der Waals surface area contributed by atoms with Gasteiger partial charge in [0.05, 0.1) is 4.90 Å². The van der Waals surface area contributed by atoms with Gasteiger partial charge in [-0.3, -0.25) is 4.79 Å². The Balaban J connectivity index is 1.76. The van der Waals surface area contributed by atoms with Crippen LogP contribution in [0, 0.1) is 11.6 Å². The lowest BCUT2D eigenvalue weighted by molar-refractivity contribution is -0.130. The van der Waals surface area contributed by atoms with E-state index in [1.807, 2.05) is 0 Å². The van der Waals surface area contributed by atoms with Crippen molar-refractivity contribution in [2.45, 2.75) is 36.2 Å². The molecule has 6 nitrogen and oxygen atoms in total. The smallest absolute Gasteiger partial charge is 0.245 e. The number of rotatable bonds is 4. The highest BCUT2D eigenvalue weighted by molar-refractivity contribution is 7.90. The molecule has 1 aromatic carbocycles. The summed E-state index contributed by atoms with van der Waals surface area (Å²) in [6.45, 7) is 2.25. The van der Waals surface area contributed by atoms with Crippen LogP contribution in [-0.4, -0.2) is 57.2 Å². The quantitative estimate of drug-likeness (QED) is 0.827. The molecule has 0 aliphatic carbocycles. The van der Waals surface area contributed by atoms with Gasteiger partial charge in [-0.15, -0.1) is 0 Å². The second-order valence-corrected chi connectivity index (χ2v) is 8.55. The second-order valence-electron chi connectivity index (χ2n) is 6.53. The number of amides is 1. The van der Waals surface area contributed by atoms with Crippen LogP contribution in [0.3, 0.4) is 0 Å². The highest BCUT2D eigenvalue weighted by atomic mass is 32.2. The third kappa shape index (κ3) is 3.77. The number of hydrogen-bond donors (Lipinski definition) is 2. The Morgan fingerprint density at radius 1 is 1.16 bits per heavy atom. The molecule has 2 heterocycles. The van der Waals surface area contributed by atoms with Gasteiger partial charge in [0.2, 0.25) is 5.91 Å². The second kappa shape index (κ2) is 6.87. The van der Waals surface area contributed by atoms with E-state index < -0.39 is 38.1 Å². The molecule has 1 atom stereocenters. The first-order valence-electron chi connectivity index (χ1n) is 8.24. The number of carbonyl (C=O) groups is 1. The van der Waals surface area contributed by atoms with Gasteiger partial charge in [0, 0.05) is 18.8 Å². The average molecular weight is 373 g/mol. The van der Waals surface area contributed by atoms with Crippen LogP contribution in [0.25, 0.3) is 0 Å². The highest BCUT2D eigenvalue weighted by Crippen LogP contribution is 2.27. The summed E-state index contributed by atoms with van der Waals surface area (Å²) in [5.74, 6) is -2.21. The molecular weight excluding hydrogens is 352 g/mol. The Morgan fingerprint density at radius 3 is 2.32 bits per heavy atom. The molecule has 2 N–H and O–H groups in total. The van der Waals surface area contributed by atoms with Gasteiger partial charge in [-0.2, -0.15) is 0 Å². The van der Waals surface area contributed by atoms with Crippen LogP contribution in [0.5, 0.6) is 0 Å². The van der Waals surface area contributed by atoms with Crippen LogP contribution >= 0.6 is 0 Å². The van der Waals surface area contributed by atoms with Crippen molar-refractivity contribution in [3.63, 3.8) is 0 Å². The molecule has 2 saturated heterocycles. The first-order chi connectivity index (χ1) is 11.8. The minimum atomic E-state index is -3.71. The summed E-state index contributed by atoms with van der Waals surface area (Å²) in [5, 5.41) is 5.86. The molecule has 25 heavy (non-hydrogen) atoms. The molecule has 1 amide bonds. The third-order valence-corrected chi connectivity index (χ3v) is 5.84. The number of hydrogen-bond acceptors (Lipinski definition) is 5. The van der Waals surface area contributed by atoms with Crippen molar-refractivity contribution in [2.75, 3.05) is 31.2 Å². The lowest BCUT2D eigenvalue weighted by atomic mass is 10.1. The molecule has 138 valence electrons. The van der Waals surface area contributed by atoms with Gasteiger partial charge in [0.15, 0.2) is 21.5 Å². The van der Waals surface area contributed by atoms with E-state index in [0.717, 1.165) is 44.3 Å². The molecule has 9 heteroatoms. The number of carbonyl (C=O) groups excluding carboxylic acids is 1. The molecule has 2 aliphatic heterocycles. The fourth-order valence-electron chi connectivity index (χ4n) is 3.39. The van der Waals surface area contributed by atoms with E-state index in [-0.39, 0.29) is 11.9 Å². The van der Waals surface area contributed by atoms with Crippen LogP contribution < -0.4 is 10.6 Å². The topological polar surface area (TPSA) is 78.5 Å². The van der Waals surface area contributed by atoms with Crippen LogP contribution in [0.1, 0.15) is 19.3 Å². The highest BCUT2D eigenvalue weighted by Gasteiger charge is 2.37. The van der Waals surface area contributed by atoms with E-state index in [9.17, 15) is 22.0 Å². The van der Waals surface area contributed by atoms with Gasteiger partial charge in [-0.1, -0.05) is 0 Å². The maximum Gasteiger partial charge on any atom is 0.245 e. The summed E-state index contributed by atoms with van der Waals surface area (Å²) < 4.78 is 51.2. The fourth-order valence-corrected chi connectivity index (χ4v) is 4.03. The van der Waals surface area contributed by atoms with Gasteiger partial charge >= 0.3 is 0 Å². The molecule has 2 fully saturated rings. The largest absolute Gasteiger partial charge is 0.369 e. The predicted octanol–water partition coefficient (Wildman–Crippen LogP) is 1.13. The van der Waals surface area contributed by atoms with E-state index in [4.69, 9.17) is 0 Å². The number of anilines is 1. The molecule has 0 radical (unpaired) electrons. The molecule has 1 unspecified atom stereocenters. The lowest BCUT2D eigenvalue weighted by Crippen LogP contribution is -2.45. The van der Waals surface area contributed by atoms with Crippen molar-refractivity contribution >= 4 is 21.4 Å². The summed E-state index contributed by atoms with van der Waals surface area (Å²) in [6.07, 6.45) is 3.07. The molecule has 0 spiro atoms. The monoisotopic (exact) mass is 373 g/mol. The summed E-state index contributed by atoms with van der Waals surface area (Å²) in [5.41, 5.74) is -0.460. The summed E-state index contributed by atoms with van der Waals surface area (Å²) >= 11 is 0. The first kappa shape index (κ1) is 18.1. The summed E-state index contributed by atoms with van der Waals surface area (Å²) in [4.78, 5) is 13.9. The van der Waals surface area contributed by atoms with Gasteiger partial charge in [-0.25, -0.2) is 17.2 Å². The number of nitrogens with one attached hydrogen (secondary N) is 2. The fraction of sp³-hybridized carbons (Fsp3) is 0.562. The number of likely N-dealkylation sites (tertiary alicyclic amines) is 1. The molecule has 1 aromatic rings. The molecule has 3 rings (SSSR count). The van der Waals surface area contributed by atoms with Crippen molar-refractivity contribution in [1.82, 2.24) is 10.2 Å². The maximum absolute atomic E-state index is 14.2. The molecule has 0 saturated carbocycles. The van der Waals surface area contributed by atoms with E-state index in [0.29, 0.717) is 13.0 Å². The SMILES string of the molecule is CS(=O)(=O)c1cc(F)c(NC2CCN(C3CCNCC3)C2=O)c(F)c1. The number of benzene rings is 1. The Labute approximate surface area is 145 Å². The van der Waals surface area contributed by atoms with Crippen LogP contribution in [0.15, 0.2) is 17.0 Å². The number of sulfone groups is 1. The van der Waals surface area contributed by atoms with Gasteiger partial charge in [0.1, 0.15) is 11.7 Å². The summed E-state index contributed by atoms with van der Waals surface area (Å²) in [6, 6.07) is 0.987. The summed E-state index contributed by atoms with van der Waals surface area (Å²) in [7, 11) is -3.71. The Hall–Kier alpha value is -1.74. The Kier molecular flexibility index (Phi) is 4.97. The van der Waals surface area contributed by atoms with Crippen molar-refractivity contribution < 1.29 is 22.0 Å². The minimum Gasteiger partial charge on any atom is -0.369 e. The zero-order valence-electron chi connectivity index (χ0n) is 13.9. The van der Waals surface area contributed by atoms with Crippen molar-refractivity contribution in [1.29, 1.82) is 0 Å². The van der Waals surface area contributed by atoms with E-state index in [1.165, 1.54) is 0 Å². The van der Waals surface area contributed by atoms with Gasteiger partial charge in [-0.05, 0) is 44.5 Å². The average Bonchev–Trinajstić information content (AvgIpc) is 2.91. The minimum absolute atomic E-state index is 0.155. The predicted molar refractivity (Wildman–Crippen MR) is 89.1 cm³/mol. The molecular formula is C16H21F2N3O3S. The number of piperidine rings is 1. The Morgan fingerprint density at radius 2 is 1.76 bits per heavy atom. The third-order valence-electron chi connectivity index (χ3n) is 4.75.